The van der Waals surface area contributed by atoms with Gasteiger partial charge in [-0.3, -0.25) is 37.3 Å². The smallest absolute Gasteiger partial charge is 0.462 e. The van der Waals surface area contributed by atoms with E-state index < -0.39 is 97.5 Å². The Morgan fingerprint density at radius 1 is 0.278 bits per heavy atom. The van der Waals surface area contributed by atoms with Crippen LogP contribution in [-0.4, -0.2) is 96.7 Å². The van der Waals surface area contributed by atoms with E-state index in [0.717, 1.165) is 109 Å². The van der Waals surface area contributed by atoms with Crippen molar-refractivity contribution in [2.75, 3.05) is 39.6 Å². The summed E-state index contributed by atoms with van der Waals surface area (Å²) in [6.07, 6.45) is 61.2. The van der Waals surface area contributed by atoms with E-state index >= 15 is 0 Å². The average molecular weight is 1420 g/mol. The fourth-order valence-electron chi connectivity index (χ4n) is 12.1. The number of unbranched alkanes of at least 4 members (excludes halogenated alkanes) is 50. The molecule has 0 aliphatic rings. The highest BCUT2D eigenvalue weighted by molar-refractivity contribution is 7.47. The Morgan fingerprint density at radius 3 is 0.701 bits per heavy atom. The number of ether oxygens (including phenoxy) is 4. The maximum atomic E-state index is 13.1. The number of carbonyl (C=O) groups excluding carboxylic acids is 4. The number of hydrogen-bond acceptors (Lipinski definition) is 15. The third-order valence-corrected chi connectivity index (χ3v) is 20.2. The zero-order valence-corrected chi connectivity index (χ0v) is 65.0. The lowest BCUT2D eigenvalue weighted by molar-refractivity contribution is -0.161. The van der Waals surface area contributed by atoms with Crippen molar-refractivity contribution < 1.29 is 80.2 Å². The van der Waals surface area contributed by atoms with Gasteiger partial charge in [0.1, 0.15) is 19.3 Å². The van der Waals surface area contributed by atoms with Crippen LogP contribution in [0.25, 0.3) is 0 Å². The van der Waals surface area contributed by atoms with Gasteiger partial charge in [0.15, 0.2) is 12.2 Å². The van der Waals surface area contributed by atoms with E-state index in [4.69, 9.17) is 37.0 Å². The van der Waals surface area contributed by atoms with Gasteiger partial charge in [0.25, 0.3) is 0 Å². The summed E-state index contributed by atoms with van der Waals surface area (Å²) in [5, 5.41) is 10.6. The second kappa shape index (κ2) is 71.1. The number of carbonyl (C=O) groups is 4. The van der Waals surface area contributed by atoms with Crippen molar-refractivity contribution in [1.82, 2.24) is 0 Å². The summed E-state index contributed by atoms with van der Waals surface area (Å²) in [5.41, 5.74) is 0. The minimum absolute atomic E-state index is 0.108. The summed E-state index contributed by atoms with van der Waals surface area (Å²) in [4.78, 5) is 72.7. The summed E-state index contributed by atoms with van der Waals surface area (Å²) in [5.74, 6) is -1.29. The van der Waals surface area contributed by atoms with Crippen molar-refractivity contribution in [3.63, 3.8) is 0 Å². The molecule has 5 atom stereocenters. The molecule has 0 aromatic carbocycles. The number of rotatable bonds is 78. The summed E-state index contributed by atoms with van der Waals surface area (Å²) in [7, 11) is -9.91. The Bertz CT molecular complexity index is 1860. The molecule has 0 aromatic rings. The van der Waals surface area contributed by atoms with E-state index in [1.54, 1.807) is 0 Å². The fraction of sp³-hybridized carbons (Fsp3) is 0.949. The van der Waals surface area contributed by atoms with E-state index in [9.17, 15) is 43.2 Å². The molecule has 0 heterocycles. The van der Waals surface area contributed by atoms with Gasteiger partial charge in [0.2, 0.25) is 0 Å². The van der Waals surface area contributed by atoms with Crippen LogP contribution in [0, 0.1) is 5.92 Å². The van der Waals surface area contributed by atoms with Crippen molar-refractivity contribution in [2.45, 2.75) is 432 Å². The fourth-order valence-corrected chi connectivity index (χ4v) is 13.6. The topological polar surface area (TPSA) is 237 Å². The van der Waals surface area contributed by atoms with Crippen LogP contribution in [0.3, 0.4) is 0 Å². The molecule has 0 saturated carbocycles. The molecule has 97 heavy (non-hydrogen) atoms. The molecule has 3 N–H and O–H groups in total. The van der Waals surface area contributed by atoms with Crippen LogP contribution in [0.15, 0.2) is 0 Å². The first kappa shape index (κ1) is 95.1. The summed E-state index contributed by atoms with van der Waals surface area (Å²) in [6, 6.07) is 0. The van der Waals surface area contributed by atoms with Gasteiger partial charge in [0, 0.05) is 25.7 Å². The first-order chi connectivity index (χ1) is 47.0. The van der Waals surface area contributed by atoms with Gasteiger partial charge in [-0.1, -0.05) is 362 Å². The maximum Gasteiger partial charge on any atom is 0.472 e. The van der Waals surface area contributed by atoms with E-state index in [2.05, 4.69) is 34.6 Å². The average Bonchev–Trinajstić information content (AvgIpc) is 1.27. The Kier molecular flexibility index (Phi) is 69.6. The molecule has 0 aliphatic carbocycles. The lowest BCUT2D eigenvalue weighted by atomic mass is 10.0. The molecule has 0 bridgehead atoms. The van der Waals surface area contributed by atoms with Gasteiger partial charge >= 0.3 is 39.5 Å². The van der Waals surface area contributed by atoms with E-state index in [1.165, 1.54) is 225 Å². The molecule has 0 fully saturated rings. The van der Waals surface area contributed by atoms with Crippen molar-refractivity contribution in [2.24, 2.45) is 5.92 Å². The molecule has 0 spiro atoms. The van der Waals surface area contributed by atoms with E-state index in [1.807, 2.05) is 0 Å². The second-order valence-corrected chi connectivity index (χ2v) is 31.5. The Labute approximate surface area is 594 Å². The highest BCUT2D eigenvalue weighted by Crippen LogP contribution is 2.45. The SMILES string of the molecule is CCCCCCCCCCCCCCCCCC(=O)OC[C@H](COP(=O)(O)OC[C@@H](O)COP(=O)(O)OC[C@@H](COC(=O)CCCCCCCCC)OC(=O)CCCCCCCCCCCCCCCC)OC(=O)CCCCCCCCCCCCCCCCCCCCC(C)C. The zero-order chi connectivity index (χ0) is 71.2. The van der Waals surface area contributed by atoms with Crippen LogP contribution >= 0.6 is 15.6 Å². The molecule has 17 nitrogen and oxygen atoms in total. The Hall–Kier alpha value is -1.94. The molecule has 0 radical (unpaired) electrons. The van der Waals surface area contributed by atoms with Crippen LogP contribution in [0.4, 0.5) is 0 Å². The summed E-state index contributed by atoms with van der Waals surface area (Å²) in [6.45, 7) is 7.31. The lowest BCUT2D eigenvalue weighted by Crippen LogP contribution is -2.30. The molecule has 0 amide bonds. The predicted octanol–water partition coefficient (Wildman–Crippen LogP) is 23.3. The van der Waals surface area contributed by atoms with Gasteiger partial charge in [-0.05, 0) is 31.6 Å². The second-order valence-electron chi connectivity index (χ2n) is 28.6. The van der Waals surface area contributed by atoms with Crippen molar-refractivity contribution >= 4 is 39.5 Å². The van der Waals surface area contributed by atoms with E-state index in [0.29, 0.717) is 25.7 Å². The monoisotopic (exact) mass is 1420 g/mol. The molecule has 0 aliphatic heterocycles. The molecule has 2 unspecified atom stereocenters. The zero-order valence-electron chi connectivity index (χ0n) is 63.2. The van der Waals surface area contributed by atoms with Crippen LogP contribution in [0.5, 0.6) is 0 Å². The van der Waals surface area contributed by atoms with Gasteiger partial charge in [-0.15, -0.1) is 0 Å². The molecule has 0 saturated heterocycles. The van der Waals surface area contributed by atoms with Crippen LogP contribution in [0.1, 0.15) is 413 Å². The van der Waals surface area contributed by atoms with Gasteiger partial charge in [-0.2, -0.15) is 0 Å². The van der Waals surface area contributed by atoms with Crippen molar-refractivity contribution in [3.8, 4) is 0 Å². The van der Waals surface area contributed by atoms with Gasteiger partial charge < -0.3 is 33.8 Å². The maximum absolute atomic E-state index is 13.1. The highest BCUT2D eigenvalue weighted by Gasteiger charge is 2.30. The molecule has 19 heteroatoms. The molecule has 0 aromatic heterocycles. The minimum atomic E-state index is -4.96. The number of phosphoric ester groups is 2. The van der Waals surface area contributed by atoms with E-state index in [-0.39, 0.29) is 25.7 Å². The number of hydrogen-bond donors (Lipinski definition) is 3. The van der Waals surface area contributed by atoms with Gasteiger partial charge in [-0.25, -0.2) is 9.13 Å². The molecular weight excluding hydrogens is 1270 g/mol. The standard InChI is InChI=1S/C78H152O17P2/c1-6-9-12-15-18-20-22-24-30-35-38-42-47-52-57-62-76(81)89-68-74(95-78(83)64-59-54-49-44-40-36-32-29-27-26-28-31-33-37-41-46-50-55-60-71(4)5)70-93-97(86,87)91-66-72(79)65-90-96(84,85)92-69-73(67-88-75(80)61-56-51-45-17-14-11-8-3)94-77(82)63-58-53-48-43-39-34-25-23-21-19-16-13-10-7-2/h71-74,79H,6-70H2,1-5H3,(H,84,85)(H,86,87)/t72-,73+,74+/m0/s1. The highest BCUT2D eigenvalue weighted by atomic mass is 31.2. The van der Waals surface area contributed by atoms with Crippen LogP contribution in [-0.2, 0) is 65.4 Å². The predicted molar refractivity (Wildman–Crippen MR) is 395 cm³/mol. The third kappa shape index (κ3) is 72.2. The Morgan fingerprint density at radius 2 is 0.474 bits per heavy atom. The largest absolute Gasteiger partial charge is 0.472 e. The number of aliphatic hydroxyl groups excluding tert-OH is 1. The minimum Gasteiger partial charge on any atom is -0.462 e. The quantitative estimate of drug-likeness (QED) is 0.0222. The molecular formula is C78H152O17P2. The lowest BCUT2D eigenvalue weighted by Gasteiger charge is -2.21. The Balaban J connectivity index is 5.17. The van der Waals surface area contributed by atoms with Crippen molar-refractivity contribution in [1.29, 1.82) is 0 Å². The first-order valence-electron chi connectivity index (χ1n) is 40.6. The normalized spacial score (nSPS) is 13.9. The first-order valence-corrected chi connectivity index (χ1v) is 43.6. The van der Waals surface area contributed by atoms with Gasteiger partial charge in [0.05, 0.1) is 26.4 Å². The van der Waals surface area contributed by atoms with Crippen LogP contribution in [0.2, 0.25) is 0 Å². The third-order valence-electron chi connectivity index (χ3n) is 18.3. The number of esters is 4. The summed E-state index contributed by atoms with van der Waals surface area (Å²) >= 11 is 0. The summed E-state index contributed by atoms with van der Waals surface area (Å²) < 4.78 is 68.5. The number of aliphatic hydroxyl groups is 1. The molecule has 576 valence electrons. The molecule has 0 rings (SSSR count). The van der Waals surface area contributed by atoms with Crippen molar-refractivity contribution in [3.05, 3.63) is 0 Å². The van der Waals surface area contributed by atoms with Crippen LogP contribution < -0.4 is 0 Å². The number of phosphoric acid groups is 2.